The van der Waals surface area contributed by atoms with Crippen molar-refractivity contribution >= 4 is 28.4 Å². The topological polar surface area (TPSA) is 104 Å². The Kier molecular flexibility index (Phi) is 7.21. The van der Waals surface area contributed by atoms with Gasteiger partial charge < -0.3 is 25.1 Å². The highest BCUT2D eigenvalue weighted by atomic mass is 16.5. The number of aromatic amines is 1. The van der Waals surface area contributed by atoms with Gasteiger partial charge in [-0.15, -0.1) is 0 Å². The average molecular weight is 451 g/mol. The number of benzene rings is 1. The number of amides is 1. The number of aromatic nitrogens is 3. The van der Waals surface area contributed by atoms with E-state index in [-0.39, 0.29) is 11.6 Å². The van der Waals surface area contributed by atoms with Crippen LogP contribution in [0.2, 0.25) is 0 Å². The number of nitrogens with zero attached hydrogens (tertiary/aromatic N) is 3. The number of anilines is 2. The highest BCUT2D eigenvalue weighted by Gasteiger charge is 2.15. The summed E-state index contributed by atoms with van der Waals surface area (Å²) >= 11 is 0. The normalized spacial score (nSPS) is 14.6. The molecule has 9 nitrogen and oxygen atoms in total. The van der Waals surface area contributed by atoms with Gasteiger partial charge in [0.2, 0.25) is 11.8 Å². The lowest BCUT2D eigenvalue weighted by molar-refractivity contribution is 0.0320. The first-order valence-corrected chi connectivity index (χ1v) is 11.1. The first kappa shape index (κ1) is 22.8. The maximum Gasteiger partial charge on any atom is 0.274 e. The van der Waals surface area contributed by atoms with Crippen LogP contribution in [0.5, 0.6) is 5.88 Å². The Hall–Kier alpha value is -3.43. The number of H-pyrrole nitrogens is 1. The van der Waals surface area contributed by atoms with Gasteiger partial charge in [0, 0.05) is 48.0 Å². The molecule has 3 heterocycles. The molecule has 174 valence electrons. The fourth-order valence-corrected chi connectivity index (χ4v) is 3.68. The summed E-state index contributed by atoms with van der Waals surface area (Å²) in [4.78, 5) is 27.4. The van der Waals surface area contributed by atoms with E-state index in [0.717, 1.165) is 55.0 Å². The molecule has 3 aromatic rings. The smallest absolute Gasteiger partial charge is 0.274 e. The van der Waals surface area contributed by atoms with Gasteiger partial charge in [0.05, 0.1) is 13.2 Å². The van der Waals surface area contributed by atoms with E-state index in [0.29, 0.717) is 24.1 Å². The Morgan fingerprint density at radius 1 is 1.24 bits per heavy atom. The summed E-state index contributed by atoms with van der Waals surface area (Å²) in [6.07, 6.45) is 3.53. The quantitative estimate of drug-likeness (QED) is 0.483. The van der Waals surface area contributed by atoms with E-state index in [1.807, 2.05) is 38.1 Å². The van der Waals surface area contributed by atoms with Crippen molar-refractivity contribution in [2.24, 2.45) is 0 Å². The number of hydrogen-bond donors (Lipinski definition) is 3. The van der Waals surface area contributed by atoms with Crippen molar-refractivity contribution in [2.45, 2.75) is 20.8 Å². The van der Waals surface area contributed by atoms with E-state index < -0.39 is 0 Å². The number of ether oxygens (including phenoxy) is 2. The van der Waals surface area contributed by atoms with Gasteiger partial charge in [-0.3, -0.25) is 9.69 Å². The maximum absolute atomic E-state index is 13.0. The van der Waals surface area contributed by atoms with Crippen LogP contribution in [0.3, 0.4) is 0 Å². The Balaban J connectivity index is 1.49. The van der Waals surface area contributed by atoms with Crippen molar-refractivity contribution < 1.29 is 14.3 Å². The van der Waals surface area contributed by atoms with Crippen LogP contribution >= 0.6 is 0 Å². The zero-order valence-corrected chi connectivity index (χ0v) is 19.3. The second kappa shape index (κ2) is 10.5. The van der Waals surface area contributed by atoms with Crippen LogP contribution in [-0.4, -0.2) is 65.2 Å². The van der Waals surface area contributed by atoms with Crippen LogP contribution in [0.1, 0.15) is 28.7 Å². The minimum Gasteiger partial charge on any atom is -0.476 e. The monoisotopic (exact) mass is 450 g/mol. The van der Waals surface area contributed by atoms with Gasteiger partial charge in [-0.2, -0.15) is 4.98 Å². The molecule has 0 saturated carbocycles. The molecule has 9 heteroatoms. The molecule has 0 spiro atoms. The van der Waals surface area contributed by atoms with E-state index in [1.54, 1.807) is 12.3 Å². The molecule has 0 bridgehead atoms. The number of aryl methyl sites for hydroxylation is 2. The lowest BCUT2D eigenvalue weighted by Crippen LogP contribution is -2.38. The van der Waals surface area contributed by atoms with Crippen molar-refractivity contribution in [3.8, 4) is 5.88 Å². The first-order chi connectivity index (χ1) is 16.0. The standard InChI is InChI=1S/C24H30N6O3/c1-4-7-25-24-28-21(15-22(29-24)33-13-10-30-8-11-32-12-9-30)23(31)27-18-5-6-20-19(14-18)16(2)17(3)26-20/h4-7,14-15,26H,8-13H2,1-3H3,(H,27,31)(H,25,28,29)/b7-4-. The number of allylic oxidation sites excluding steroid dienone is 1. The molecule has 0 radical (unpaired) electrons. The number of hydrogen-bond acceptors (Lipinski definition) is 7. The van der Waals surface area contributed by atoms with Gasteiger partial charge in [0.25, 0.3) is 5.91 Å². The van der Waals surface area contributed by atoms with Crippen LogP contribution < -0.4 is 15.4 Å². The fraction of sp³-hybridized carbons (Fsp3) is 0.375. The summed E-state index contributed by atoms with van der Waals surface area (Å²) in [7, 11) is 0. The summed E-state index contributed by atoms with van der Waals surface area (Å²) in [5.74, 6) is 0.320. The zero-order valence-electron chi connectivity index (χ0n) is 19.3. The Morgan fingerprint density at radius 3 is 2.85 bits per heavy atom. The van der Waals surface area contributed by atoms with Gasteiger partial charge >= 0.3 is 0 Å². The summed E-state index contributed by atoms with van der Waals surface area (Å²) in [6, 6.07) is 7.37. The first-order valence-electron chi connectivity index (χ1n) is 11.1. The molecular formula is C24H30N6O3. The number of morpholine rings is 1. The number of nitrogens with one attached hydrogen (secondary N) is 3. The van der Waals surface area contributed by atoms with E-state index in [2.05, 4.69) is 37.4 Å². The summed E-state index contributed by atoms with van der Waals surface area (Å²) in [5, 5.41) is 6.99. The molecule has 3 N–H and O–H groups in total. The summed E-state index contributed by atoms with van der Waals surface area (Å²) < 4.78 is 11.2. The molecule has 2 aromatic heterocycles. The molecule has 1 aliphatic heterocycles. The van der Waals surface area contributed by atoms with Gasteiger partial charge in [0.1, 0.15) is 12.3 Å². The molecule has 1 aromatic carbocycles. The summed E-state index contributed by atoms with van der Waals surface area (Å²) in [6.45, 7) is 10.5. The van der Waals surface area contributed by atoms with Crippen LogP contribution in [0.4, 0.5) is 11.6 Å². The van der Waals surface area contributed by atoms with Gasteiger partial charge in [-0.25, -0.2) is 4.98 Å². The molecule has 1 aliphatic rings. The Morgan fingerprint density at radius 2 is 2.06 bits per heavy atom. The zero-order chi connectivity index (χ0) is 23.2. The number of carbonyl (C=O) groups excluding carboxylic acids is 1. The van der Waals surface area contributed by atoms with E-state index in [1.165, 1.54) is 0 Å². The summed E-state index contributed by atoms with van der Waals surface area (Å²) in [5.41, 5.74) is 4.24. The average Bonchev–Trinajstić information content (AvgIpc) is 3.11. The maximum atomic E-state index is 13.0. The molecule has 4 rings (SSSR count). The van der Waals surface area contributed by atoms with Crippen LogP contribution in [0, 0.1) is 13.8 Å². The van der Waals surface area contributed by atoms with Crippen molar-refractivity contribution in [2.75, 3.05) is 50.1 Å². The van der Waals surface area contributed by atoms with Crippen LogP contribution in [0.25, 0.3) is 10.9 Å². The van der Waals surface area contributed by atoms with Crippen molar-refractivity contribution in [3.63, 3.8) is 0 Å². The highest BCUT2D eigenvalue weighted by molar-refractivity contribution is 6.04. The largest absolute Gasteiger partial charge is 0.476 e. The van der Waals surface area contributed by atoms with Gasteiger partial charge in [0.15, 0.2) is 0 Å². The molecule has 0 unspecified atom stereocenters. The number of fused-ring (bicyclic) bond motifs is 1. The van der Waals surface area contributed by atoms with Gasteiger partial charge in [-0.1, -0.05) is 6.08 Å². The molecule has 33 heavy (non-hydrogen) atoms. The van der Waals surface area contributed by atoms with Gasteiger partial charge in [-0.05, 0) is 50.7 Å². The molecule has 0 atom stereocenters. The van der Waals surface area contributed by atoms with E-state index in [9.17, 15) is 4.79 Å². The predicted molar refractivity (Wildman–Crippen MR) is 129 cm³/mol. The minimum absolute atomic E-state index is 0.223. The fourth-order valence-electron chi connectivity index (χ4n) is 3.68. The second-order valence-corrected chi connectivity index (χ2v) is 7.95. The second-order valence-electron chi connectivity index (χ2n) is 7.95. The number of carbonyl (C=O) groups is 1. The van der Waals surface area contributed by atoms with E-state index >= 15 is 0 Å². The Labute approximate surface area is 193 Å². The van der Waals surface area contributed by atoms with Crippen molar-refractivity contribution in [1.29, 1.82) is 0 Å². The van der Waals surface area contributed by atoms with Crippen LogP contribution in [0.15, 0.2) is 36.5 Å². The Bertz CT molecular complexity index is 1150. The molecule has 1 amide bonds. The molecular weight excluding hydrogens is 420 g/mol. The van der Waals surface area contributed by atoms with E-state index in [4.69, 9.17) is 9.47 Å². The van der Waals surface area contributed by atoms with Crippen molar-refractivity contribution in [1.82, 2.24) is 19.9 Å². The van der Waals surface area contributed by atoms with Crippen LogP contribution in [-0.2, 0) is 4.74 Å². The molecule has 0 aliphatic carbocycles. The molecule has 1 fully saturated rings. The van der Waals surface area contributed by atoms with Crippen molar-refractivity contribution in [3.05, 3.63) is 53.5 Å². The SMILES string of the molecule is C/C=C\Nc1nc(OCCN2CCOCC2)cc(C(=O)Nc2ccc3[nH]c(C)c(C)c3c2)n1. The highest BCUT2D eigenvalue weighted by Crippen LogP contribution is 2.25. The third-order valence-corrected chi connectivity index (χ3v) is 5.64. The lowest BCUT2D eigenvalue weighted by atomic mass is 10.1. The third-order valence-electron chi connectivity index (χ3n) is 5.64. The number of rotatable bonds is 8. The third kappa shape index (κ3) is 5.68. The predicted octanol–water partition coefficient (Wildman–Crippen LogP) is 3.48. The lowest BCUT2D eigenvalue weighted by Gasteiger charge is -2.26. The minimum atomic E-state index is -0.330. The molecule has 1 saturated heterocycles.